The van der Waals surface area contributed by atoms with Crippen molar-refractivity contribution in [2.75, 3.05) is 20.0 Å². The van der Waals surface area contributed by atoms with Gasteiger partial charge >= 0.3 is 5.91 Å². The summed E-state index contributed by atoms with van der Waals surface area (Å²) in [4.78, 5) is 14.7. The van der Waals surface area contributed by atoms with E-state index in [1.54, 1.807) is 18.2 Å². The van der Waals surface area contributed by atoms with Crippen LogP contribution in [0.1, 0.15) is 16.1 Å². The third kappa shape index (κ3) is 4.45. The molecule has 2 rings (SSSR count). The molecule has 25 heavy (non-hydrogen) atoms. The highest BCUT2D eigenvalue weighted by Crippen LogP contribution is 2.31. The van der Waals surface area contributed by atoms with Gasteiger partial charge in [0.1, 0.15) is 21.5 Å². The summed E-state index contributed by atoms with van der Waals surface area (Å²) in [5, 5.41) is 3.84. The molecule has 4 N–H and O–H groups in total. The van der Waals surface area contributed by atoms with Crippen molar-refractivity contribution in [1.82, 2.24) is 5.43 Å². The Morgan fingerprint density at radius 1 is 1.16 bits per heavy atom. The van der Waals surface area contributed by atoms with Crippen LogP contribution in [0.4, 0.5) is 5.69 Å². The first-order chi connectivity index (χ1) is 11.9. The van der Waals surface area contributed by atoms with Gasteiger partial charge in [0, 0.05) is 11.6 Å². The number of nitrogen functional groups attached to an aromatic ring is 1. The normalized spacial score (nSPS) is 10.8. The van der Waals surface area contributed by atoms with E-state index in [4.69, 9.17) is 50.0 Å². The maximum Gasteiger partial charge on any atom is 0.337 e. The molecule has 1 aromatic carbocycles. The van der Waals surface area contributed by atoms with E-state index in [-0.39, 0.29) is 26.6 Å². The van der Waals surface area contributed by atoms with Gasteiger partial charge in [0.25, 0.3) is 10.8 Å². The average Bonchev–Trinajstić information content (AvgIpc) is 2.62. The second-order valence-electron chi connectivity index (χ2n) is 4.70. The first kappa shape index (κ1) is 19.1. The molecule has 0 aliphatic heterocycles. The highest BCUT2D eigenvalue weighted by Gasteiger charge is 2.25. The van der Waals surface area contributed by atoms with Gasteiger partial charge in [-0.2, -0.15) is 10.1 Å². The molecule has 0 aliphatic carbocycles. The number of hydrazone groups is 1. The fourth-order valence-electron chi connectivity index (χ4n) is 1.85. The van der Waals surface area contributed by atoms with Crippen molar-refractivity contribution < 1.29 is 19.3 Å². The number of methoxy groups -OCH3 is 2. The van der Waals surface area contributed by atoms with Gasteiger partial charge in [-0.3, -0.25) is 4.79 Å². The number of ether oxygens (including phenoxy) is 2. The van der Waals surface area contributed by atoms with Crippen molar-refractivity contribution >= 4 is 52.6 Å². The minimum absolute atomic E-state index is 0.00116. The zero-order chi connectivity index (χ0) is 18.6. The summed E-state index contributed by atoms with van der Waals surface area (Å²) >= 11 is 17.7. The molecule has 2 aromatic rings. The summed E-state index contributed by atoms with van der Waals surface area (Å²) in [5.41, 5.74) is 8.59. The highest BCUT2D eigenvalue weighted by molar-refractivity contribution is 6.45. The average molecular weight is 405 g/mol. The number of halogens is 3. The Morgan fingerprint density at radius 3 is 2.32 bits per heavy atom. The summed E-state index contributed by atoms with van der Waals surface area (Å²) in [6.45, 7) is 0. The van der Waals surface area contributed by atoms with Gasteiger partial charge in [0.15, 0.2) is 0 Å². The van der Waals surface area contributed by atoms with Gasteiger partial charge in [0.05, 0.1) is 26.1 Å². The third-order valence-electron chi connectivity index (χ3n) is 3.10. The van der Waals surface area contributed by atoms with Crippen molar-refractivity contribution in [3.63, 3.8) is 0 Å². The number of hydrogen-bond acceptors (Lipinski definition) is 5. The Bertz CT molecular complexity index is 821. The van der Waals surface area contributed by atoms with E-state index in [9.17, 15) is 4.79 Å². The number of amides is 1. The number of rotatable bonds is 5. The molecule has 0 bridgehead atoms. The zero-order valence-electron chi connectivity index (χ0n) is 13.2. The summed E-state index contributed by atoms with van der Waals surface area (Å²) < 4.78 is 10.3. The number of aromatic amines is 1. The molecule has 1 aromatic heterocycles. The van der Waals surface area contributed by atoms with Crippen molar-refractivity contribution in [3.8, 4) is 11.5 Å². The van der Waals surface area contributed by atoms with Gasteiger partial charge in [-0.05, 0) is 23.7 Å². The van der Waals surface area contributed by atoms with Crippen LogP contribution in [0.5, 0.6) is 11.5 Å². The Labute approximate surface area is 158 Å². The quantitative estimate of drug-likeness (QED) is 0.454. The second-order valence-corrected chi connectivity index (χ2v) is 5.83. The number of benzene rings is 1. The molecule has 132 valence electrons. The number of nitrogens with one attached hydrogen (secondary N) is 2. The van der Waals surface area contributed by atoms with Crippen LogP contribution in [-0.2, 0) is 0 Å². The predicted octanol–water partition coefficient (Wildman–Crippen LogP) is 2.82. The first-order valence-corrected chi connectivity index (χ1v) is 7.92. The molecule has 0 radical (unpaired) electrons. The molecule has 0 aliphatic rings. The molecule has 1 heterocycles. The molecule has 0 unspecified atom stereocenters. The van der Waals surface area contributed by atoms with E-state index in [0.717, 1.165) is 0 Å². The summed E-state index contributed by atoms with van der Waals surface area (Å²) in [5.74, 6) is 0.530. The van der Waals surface area contributed by atoms with Crippen LogP contribution < -0.4 is 25.6 Å². The van der Waals surface area contributed by atoms with E-state index in [2.05, 4.69) is 15.5 Å². The van der Waals surface area contributed by atoms with Crippen molar-refractivity contribution in [2.45, 2.75) is 0 Å². The largest absolute Gasteiger partial charge is 0.497 e. The number of hydrogen-bond donors (Lipinski definition) is 2. The Morgan fingerprint density at radius 2 is 1.76 bits per heavy atom. The number of anilines is 1. The second kappa shape index (κ2) is 8.24. The van der Waals surface area contributed by atoms with E-state index in [1.807, 2.05) is 0 Å². The van der Waals surface area contributed by atoms with Crippen LogP contribution in [0, 0.1) is 0 Å². The molecular formula is C15H14Cl3N4O3+. The van der Waals surface area contributed by atoms with Gasteiger partial charge in [0.2, 0.25) is 0 Å². The predicted molar refractivity (Wildman–Crippen MR) is 97.0 cm³/mol. The Hall–Kier alpha value is -2.22. The topological polar surface area (TPSA) is 100 Å². The first-order valence-electron chi connectivity index (χ1n) is 6.79. The van der Waals surface area contributed by atoms with Crippen molar-refractivity contribution in [2.24, 2.45) is 5.10 Å². The lowest BCUT2D eigenvalue weighted by Crippen LogP contribution is -2.28. The molecular weight excluding hydrogens is 391 g/mol. The monoisotopic (exact) mass is 403 g/mol. The lowest BCUT2D eigenvalue weighted by molar-refractivity contribution is -0.379. The van der Waals surface area contributed by atoms with Crippen LogP contribution in [0.25, 0.3) is 0 Å². The number of pyridine rings is 1. The number of carbonyl (C=O) groups excluding carboxylic acids is 1. The fourth-order valence-corrected chi connectivity index (χ4v) is 2.46. The van der Waals surface area contributed by atoms with Crippen LogP contribution in [0.15, 0.2) is 23.3 Å². The van der Waals surface area contributed by atoms with E-state index in [1.165, 1.54) is 20.4 Å². The van der Waals surface area contributed by atoms with Crippen LogP contribution >= 0.6 is 34.8 Å². The number of aromatic nitrogens is 1. The van der Waals surface area contributed by atoms with Gasteiger partial charge < -0.3 is 15.2 Å². The molecule has 0 fully saturated rings. The molecule has 0 atom stereocenters. The Kier molecular flexibility index (Phi) is 6.30. The summed E-state index contributed by atoms with van der Waals surface area (Å²) in [6, 6.07) is 5.14. The highest BCUT2D eigenvalue weighted by atomic mass is 35.5. The van der Waals surface area contributed by atoms with Gasteiger partial charge in [-0.15, -0.1) is 0 Å². The molecule has 10 heteroatoms. The molecule has 0 saturated carbocycles. The number of nitrogens with two attached hydrogens (primary N) is 1. The lowest BCUT2D eigenvalue weighted by atomic mass is 10.2. The third-order valence-corrected chi connectivity index (χ3v) is 4.27. The number of H-pyrrole nitrogens is 1. The maximum atomic E-state index is 12.2. The van der Waals surface area contributed by atoms with Crippen molar-refractivity contribution in [1.29, 1.82) is 0 Å². The molecule has 0 saturated heterocycles. The minimum Gasteiger partial charge on any atom is -0.497 e. The number of nitrogens with zero attached hydrogens (tertiary/aromatic N) is 1. The van der Waals surface area contributed by atoms with E-state index >= 15 is 0 Å². The SMILES string of the molecule is COc1cc(/C=N/NC(=O)c2[nH+]c(Cl)c(Cl)c(N)c2Cl)cc(OC)c1. The van der Waals surface area contributed by atoms with Gasteiger partial charge in [-0.1, -0.05) is 23.2 Å². The van der Waals surface area contributed by atoms with Crippen LogP contribution in [0.3, 0.4) is 0 Å². The summed E-state index contributed by atoms with van der Waals surface area (Å²) in [7, 11) is 3.06. The smallest absolute Gasteiger partial charge is 0.337 e. The van der Waals surface area contributed by atoms with Crippen LogP contribution in [-0.4, -0.2) is 26.3 Å². The van der Waals surface area contributed by atoms with E-state index in [0.29, 0.717) is 17.1 Å². The van der Waals surface area contributed by atoms with Crippen molar-refractivity contribution in [3.05, 3.63) is 44.7 Å². The van der Waals surface area contributed by atoms with Gasteiger partial charge in [-0.25, -0.2) is 5.43 Å². The maximum absolute atomic E-state index is 12.2. The molecule has 0 spiro atoms. The fraction of sp³-hybridized carbons (Fsp3) is 0.133. The standard InChI is InChI=1S/C15H13Cl3N4O3/c1-24-8-3-7(4-9(5-8)25-2)6-20-22-15(23)13-10(16)12(19)11(17)14(18)21-13/h3-6H,1-2H3,(H2,19,21)(H,22,23)/p+1/b20-6+. The zero-order valence-corrected chi connectivity index (χ0v) is 15.5. The number of carbonyl (C=O) groups is 1. The Balaban J connectivity index is 2.19. The van der Waals surface area contributed by atoms with E-state index < -0.39 is 5.91 Å². The molecule has 1 amide bonds. The lowest BCUT2D eigenvalue weighted by Gasteiger charge is -2.05. The summed E-state index contributed by atoms with van der Waals surface area (Å²) in [6.07, 6.45) is 1.41. The minimum atomic E-state index is -0.638. The van der Waals surface area contributed by atoms with Crippen LogP contribution in [0.2, 0.25) is 15.2 Å². The molecule has 7 nitrogen and oxygen atoms in total.